The van der Waals surface area contributed by atoms with Crippen molar-refractivity contribution in [3.05, 3.63) is 52.6 Å². The fraction of sp³-hybridized carbons (Fsp3) is 0.444. The Morgan fingerprint density at radius 1 is 1.24 bits per heavy atom. The second-order valence-corrected chi connectivity index (χ2v) is 12.7. The monoisotopic (exact) mass is 602 g/mol. The molecular weight excluding hydrogens is 567 g/mol. The number of nitrogens with one attached hydrogen (secondary N) is 2. The van der Waals surface area contributed by atoms with E-state index < -0.39 is 36.7 Å². The van der Waals surface area contributed by atoms with E-state index >= 15 is 0 Å². The molecule has 15 heteroatoms. The molecule has 4 rings (SSSR count). The number of nitrogen functional groups attached to an aromatic ring is 1. The number of rotatable bonds is 14. The normalized spacial score (nSPS) is 19.6. The SMILES string of the molecule is CC(C)C[C@H](NP(=O)(OCC1(COC(=O)C(C)C)C/C1=C/n1cnc2c(=O)[nH]c(N)nc21)Oc1ccccc1)C(=O)O. The van der Waals surface area contributed by atoms with Gasteiger partial charge in [-0.1, -0.05) is 45.9 Å². The number of carboxylic acid groups (broad SMARTS) is 1. The number of imidazole rings is 1. The lowest BCUT2D eigenvalue weighted by molar-refractivity contribution is -0.149. The van der Waals surface area contributed by atoms with Crippen molar-refractivity contribution in [2.45, 2.75) is 46.6 Å². The van der Waals surface area contributed by atoms with Gasteiger partial charge >= 0.3 is 19.7 Å². The third-order valence-electron chi connectivity index (χ3n) is 6.59. The molecular formula is C27H35N6O8P. The molecule has 2 unspecified atom stereocenters. The standard InChI is InChI=1S/C27H35N6O8P/c1-16(2)10-20(24(35)36)32-42(38,41-19-8-6-5-7-9-19)40-14-27(13-39-25(37)17(3)4)11-18(27)12-33-15-29-21-22(33)30-26(28)31-23(21)34/h5-9,12,15-17,20H,10-11,13-14H2,1-4H3,(H,32,38)(H,35,36)(H3,28,30,31,34)/b18-12-/t20-,27?,42?/m0/s1. The number of nitrogens with zero attached hydrogens (tertiary/aromatic N) is 3. The van der Waals surface area contributed by atoms with Crippen molar-refractivity contribution in [2.24, 2.45) is 17.3 Å². The largest absolute Gasteiger partial charge is 0.480 e. The van der Waals surface area contributed by atoms with Gasteiger partial charge in [0.2, 0.25) is 5.95 Å². The van der Waals surface area contributed by atoms with Crippen LogP contribution in [0.15, 0.2) is 47.0 Å². The molecule has 14 nitrogen and oxygen atoms in total. The molecule has 0 aliphatic heterocycles. The Hall–Kier alpha value is -4.00. The third-order valence-corrected chi connectivity index (χ3v) is 8.14. The molecule has 2 heterocycles. The van der Waals surface area contributed by atoms with Crippen LogP contribution in [0, 0.1) is 17.3 Å². The fourth-order valence-electron chi connectivity index (χ4n) is 4.20. The highest BCUT2D eigenvalue weighted by molar-refractivity contribution is 7.52. The number of benzene rings is 1. The molecule has 0 spiro atoms. The van der Waals surface area contributed by atoms with E-state index in [2.05, 4.69) is 20.0 Å². The summed E-state index contributed by atoms with van der Waals surface area (Å²) in [4.78, 5) is 47.2. The number of ether oxygens (including phenoxy) is 1. The van der Waals surface area contributed by atoms with Gasteiger partial charge in [-0.05, 0) is 36.5 Å². The highest BCUT2D eigenvalue weighted by atomic mass is 31.2. The Kier molecular flexibility index (Phi) is 9.19. The number of anilines is 1. The lowest BCUT2D eigenvalue weighted by atomic mass is 10.1. The minimum Gasteiger partial charge on any atom is -0.480 e. The summed E-state index contributed by atoms with van der Waals surface area (Å²) in [5.74, 6) is -1.91. The molecule has 226 valence electrons. The molecule has 1 aromatic carbocycles. The lowest BCUT2D eigenvalue weighted by Gasteiger charge is -2.26. The third kappa shape index (κ3) is 7.44. The zero-order valence-electron chi connectivity index (χ0n) is 23.8. The number of H-pyrrole nitrogens is 1. The number of aromatic amines is 1. The molecule has 1 aliphatic rings. The molecule has 1 saturated carbocycles. The first kappa shape index (κ1) is 30.9. The smallest absolute Gasteiger partial charge is 0.459 e. The van der Waals surface area contributed by atoms with E-state index in [1.54, 1.807) is 50.4 Å². The average Bonchev–Trinajstić information content (AvgIpc) is 3.45. The first-order valence-electron chi connectivity index (χ1n) is 13.4. The Bertz CT molecular complexity index is 1580. The van der Waals surface area contributed by atoms with E-state index in [4.69, 9.17) is 19.5 Å². The lowest BCUT2D eigenvalue weighted by Crippen LogP contribution is -2.38. The number of hydrogen-bond acceptors (Lipinski definition) is 10. The van der Waals surface area contributed by atoms with E-state index in [9.17, 15) is 24.1 Å². The topological polar surface area (TPSA) is 201 Å². The number of fused-ring (bicyclic) bond motifs is 1. The minimum atomic E-state index is -4.27. The molecule has 5 N–H and O–H groups in total. The molecule has 42 heavy (non-hydrogen) atoms. The maximum absolute atomic E-state index is 14.0. The van der Waals surface area contributed by atoms with Crippen molar-refractivity contribution in [3.63, 3.8) is 0 Å². The van der Waals surface area contributed by atoms with Gasteiger partial charge in [0.05, 0.1) is 17.9 Å². The highest BCUT2D eigenvalue weighted by Crippen LogP contribution is 2.56. The van der Waals surface area contributed by atoms with Crippen molar-refractivity contribution in [1.82, 2.24) is 24.6 Å². The quantitative estimate of drug-likeness (QED) is 0.155. The van der Waals surface area contributed by atoms with Crippen LogP contribution in [0.4, 0.5) is 5.95 Å². The number of nitrogens with two attached hydrogens (primary N) is 1. The van der Waals surface area contributed by atoms with Gasteiger partial charge in [-0.2, -0.15) is 10.1 Å². The molecule has 1 fully saturated rings. The van der Waals surface area contributed by atoms with Crippen molar-refractivity contribution in [1.29, 1.82) is 0 Å². The first-order chi connectivity index (χ1) is 19.8. The second kappa shape index (κ2) is 12.5. The van der Waals surface area contributed by atoms with E-state index in [1.807, 2.05) is 13.8 Å². The van der Waals surface area contributed by atoms with Gasteiger partial charge in [-0.15, -0.1) is 0 Å². The van der Waals surface area contributed by atoms with Gasteiger partial charge < -0.3 is 20.1 Å². The molecule has 2 aromatic heterocycles. The van der Waals surface area contributed by atoms with Crippen molar-refractivity contribution in [2.75, 3.05) is 18.9 Å². The second-order valence-electron chi connectivity index (χ2n) is 11.0. The summed E-state index contributed by atoms with van der Waals surface area (Å²) < 4.78 is 32.7. The molecule has 1 aliphatic carbocycles. The Labute approximate surface area is 241 Å². The van der Waals surface area contributed by atoms with Gasteiger partial charge in [0.1, 0.15) is 24.7 Å². The van der Waals surface area contributed by atoms with Gasteiger partial charge in [0, 0.05) is 6.20 Å². The van der Waals surface area contributed by atoms with Crippen LogP contribution in [0.3, 0.4) is 0 Å². The number of hydrogen-bond donors (Lipinski definition) is 4. The van der Waals surface area contributed by atoms with Crippen LogP contribution in [-0.4, -0.2) is 55.8 Å². The maximum atomic E-state index is 14.0. The van der Waals surface area contributed by atoms with Crippen LogP contribution in [0.5, 0.6) is 5.75 Å². The number of aromatic nitrogens is 4. The van der Waals surface area contributed by atoms with E-state index in [-0.39, 0.29) is 54.3 Å². The van der Waals surface area contributed by atoms with Gasteiger partial charge in [-0.25, -0.2) is 9.55 Å². The number of esters is 1. The molecule has 0 amide bonds. The number of carbonyl (C=O) groups is 2. The molecule has 0 saturated heterocycles. The Morgan fingerprint density at radius 2 is 1.95 bits per heavy atom. The molecule has 0 bridgehead atoms. The Balaban J connectivity index is 1.64. The van der Waals surface area contributed by atoms with Crippen molar-refractivity contribution in [3.8, 4) is 5.75 Å². The van der Waals surface area contributed by atoms with Crippen LogP contribution < -0.4 is 20.9 Å². The van der Waals surface area contributed by atoms with E-state index in [0.29, 0.717) is 6.42 Å². The number of para-hydroxylation sites is 1. The summed E-state index contributed by atoms with van der Waals surface area (Å²) in [6.07, 6.45) is 3.61. The van der Waals surface area contributed by atoms with Crippen LogP contribution >= 0.6 is 7.75 Å². The van der Waals surface area contributed by atoms with Crippen molar-refractivity contribution >= 4 is 43.0 Å². The van der Waals surface area contributed by atoms with Crippen LogP contribution in [-0.2, 0) is 23.4 Å². The van der Waals surface area contributed by atoms with Crippen LogP contribution in [0.2, 0.25) is 0 Å². The highest BCUT2D eigenvalue weighted by Gasteiger charge is 2.52. The van der Waals surface area contributed by atoms with Gasteiger partial charge in [0.25, 0.3) is 5.56 Å². The predicted molar refractivity (Wildman–Crippen MR) is 154 cm³/mol. The van der Waals surface area contributed by atoms with E-state index in [0.717, 1.165) is 5.57 Å². The number of aliphatic carboxylic acids is 1. The number of carboxylic acids is 1. The van der Waals surface area contributed by atoms with Crippen LogP contribution in [0.1, 0.15) is 40.5 Å². The van der Waals surface area contributed by atoms with Crippen molar-refractivity contribution < 1.29 is 33.0 Å². The zero-order valence-corrected chi connectivity index (χ0v) is 24.7. The summed E-state index contributed by atoms with van der Waals surface area (Å²) in [5, 5.41) is 12.4. The summed E-state index contributed by atoms with van der Waals surface area (Å²) in [5.41, 5.74) is 5.34. The first-order valence-corrected chi connectivity index (χ1v) is 14.9. The molecule has 3 atom stereocenters. The molecule has 3 aromatic rings. The zero-order chi connectivity index (χ0) is 30.7. The van der Waals surface area contributed by atoms with E-state index in [1.165, 1.54) is 10.9 Å². The Morgan fingerprint density at radius 3 is 2.60 bits per heavy atom. The average molecular weight is 603 g/mol. The summed E-state index contributed by atoms with van der Waals surface area (Å²) in [7, 11) is -4.27. The predicted octanol–water partition coefficient (Wildman–Crippen LogP) is 3.42. The van der Waals surface area contributed by atoms with Gasteiger partial charge in [-0.3, -0.25) is 28.5 Å². The maximum Gasteiger partial charge on any atom is 0.459 e. The minimum absolute atomic E-state index is 0.0246. The number of carbonyl (C=O) groups excluding carboxylic acids is 1. The summed E-state index contributed by atoms with van der Waals surface area (Å²) in [6, 6.07) is 7.04. The molecule has 0 radical (unpaired) electrons. The summed E-state index contributed by atoms with van der Waals surface area (Å²) in [6.45, 7) is 6.75. The summed E-state index contributed by atoms with van der Waals surface area (Å²) >= 11 is 0. The fourth-order valence-corrected chi connectivity index (χ4v) is 5.80. The van der Waals surface area contributed by atoms with Crippen LogP contribution in [0.25, 0.3) is 17.4 Å². The van der Waals surface area contributed by atoms with Gasteiger partial charge in [0.15, 0.2) is 11.2 Å².